The van der Waals surface area contributed by atoms with Gasteiger partial charge in [0.05, 0.1) is 25.3 Å². The van der Waals surface area contributed by atoms with Crippen LogP contribution in [-0.2, 0) is 12.8 Å². The minimum atomic E-state index is -0.332. The maximum Gasteiger partial charge on any atom is 0.323 e. The van der Waals surface area contributed by atoms with Crippen molar-refractivity contribution in [2.75, 3.05) is 24.9 Å². The number of hydrogen-bond donors (Lipinski definition) is 3. The zero-order valence-corrected chi connectivity index (χ0v) is 17.4. The molecule has 7 nitrogen and oxygen atoms in total. The van der Waals surface area contributed by atoms with E-state index in [1.165, 1.54) is 0 Å². The predicted octanol–water partition coefficient (Wildman–Crippen LogP) is 5.01. The lowest BCUT2D eigenvalue weighted by molar-refractivity contribution is 0.262. The number of methoxy groups -OCH3 is 2. The average molecular weight is 416 g/mol. The van der Waals surface area contributed by atoms with Gasteiger partial charge in [-0.25, -0.2) is 9.78 Å². The molecule has 0 aliphatic rings. The smallest absolute Gasteiger partial charge is 0.323 e. The highest BCUT2D eigenvalue weighted by molar-refractivity contribution is 6.00. The van der Waals surface area contributed by atoms with Crippen LogP contribution in [0.4, 0.5) is 16.2 Å². The SMILES string of the molecule is COc1ccc(NC(=O)Nc2cccc(CCc3nc4ccccc4[nH]3)c2)cc1OC. The van der Waals surface area contributed by atoms with Crippen LogP contribution in [0.5, 0.6) is 11.5 Å². The van der Waals surface area contributed by atoms with Gasteiger partial charge in [-0.1, -0.05) is 24.3 Å². The number of amides is 2. The Morgan fingerprint density at radius 2 is 1.65 bits per heavy atom. The largest absolute Gasteiger partial charge is 0.493 e. The Balaban J connectivity index is 1.37. The number of aromatic amines is 1. The van der Waals surface area contributed by atoms with Gasteiger partial charge in [-0.15, -0.1) is 0 Å². The molecule has 0 atom stereocenters. The number of urea groups is 1. The summed E-state index contributed by atoms with van der Waals surface area (Å²) in [5, 5.41) is 5.68. The molecule has 0 saturated heterocycles. The molecule has 4 aromatic rings. The molecule has 0 unspecified atom stereocenters. The quantitative estimate of drug-likeness (QED) is 0.395. The van der Waals surface area contributed by atoms with E-state index < -0.39 is 0 Å². The van der Waals surface area contributed by atoms with Crippen molar-refractivity contribution in [2.24, 2.45) is 0 Å². The summed E-state index contributed by atoms with van der Waals surface area (Å²) >= 11 is 0. The second kappa shape index (κ2) is 9.21. The summed E-state index contributed by atoms with van der Waals surface area (Å²) in [5.41, 5.74) is 4.46. The Bertz CT molecular complexity index is 1170. The summed E-state index contributed by atoms with van der Waals surface area (Å²) in [6.07, 6.45) is 1.60. The lowest BCUT2D eigenvalue weighted by atomic mass is 10.1. The normalized spacial score (nSPS) is 10.6. The number of benzene rings is 3. The van der Waals surface area contributed by atoms with Gasteiger partial charge in [0.15, 0.2) is 11.5 Å². The van der Waals surface area contributed by atoms with E-state index in [2.05, 4.69) is 20.6 Å². The summed E-state index contributed by atoms with van der Waals surface area (Å²) in [4.78, 5) is 20.4. The first-order valence-electron chi connectivity index (χ1n) is 9.97. The Hall–Kier alpha value is -4.00. The van der Waals surface area contributed by atoms with Crippen LogP contribution in [0.25, 0.3) is 11.0 Å². The van der Waals surface area contributed by atoms with E-state index in [4.69, 9.17) is 9.47 Å². The number of carbonyl (C=O) groups excluding carboxylic acids is 1. The zero-order valence-electron chi connectivity index (χ0n) is 17.4. The van der Waals surface area contributed by atoms with Crippen molar-refractivity contribution in [3.8, 4) is 11.5 Å². The van der Waals surface area contributed by atoms with Gasteiger partial charge in [0.2, 0.25) is 0 Å². The standard InChI is InChI=1S/C24H24N4O3/c1-30-21-12-11-18(15-22(21)31-2)26-24(29)25-17-7-5-6-16(14-17)10-13-23-27-19-8-3-4-9-20(19)28-23/h3-9,11-12,14-15H,10,13H2,1-2H3,(H,27,28)(H2,25,26,29). The maximum absolute atomic E-state index is 12.4. The van der Waals surface area contributed by atoms with Crippen LogP contribution in [0.1, 0.15) is 11.4 Å². The van der Waals surface area contributed by atoms with Gasteiger partial charge < -0.3 is 25.1 Å². The van der Waals surface area contributed by atoms with Crippen molar-refractivity contribution in [1.29, 1.82) is 0 Å². The third-order valence-corrected chi connectivity index (χ3v) is 4.92. The number of imidazole rings is 1. The number of hydrogen-bond acceptors (Lipinski definition) is 4. The van der Waals surface area contributed by atoms with E-state index in [1.54, 1.807) is 32.4 Å². The van der Waals surface area contributed by atoms with Crippen molar-refractivity contribution in [3.63, 3.8) is 0 Å². The van der Waals surface area contributed by atoms with Crippen LogP contribution >= 0.6 is 0 Å². The van der Waals surface area contributed by atoms with E-state index in [1.807, 2.05) is 48.5 Å². The van der Waals surface area contributed by atoms with Crippen LogP contribution < -0.4 is 20.1 Å². The van der Waals surface area contributed by atoms with Crippen LogP contribution in [0, 0.1) is 0 Å². The minimum Gasteiger partial charge on any atom is -0.493 e. The first kappa shape index (κ1) is 20.3. The number of anilines is 2. The second-order valence-corrected chi connectivity index (χ2v) is 7.05. The van der Waals surface area contributed by atoms with Crippen molar-refractivity contribution in [1.82, 2.24) is 9.97 Å². The molecule has 1 heterocycles. The number of para-hydroxylation sites is 2. The number of nitrogens with zero attached hydrogens (tertiary/aromatic N) is 1. The molecule has 0 aliphatic heterocycles. The molecular formula is C24H24N4O3. The third-order valence-electron chi connectivity index (χ3n) is 4.92. The van der Waals surface area contributed by atoms with Crippen LogP contribution in [0.15, 0.2) is 66.7 Å². The molecule has 0 spiro atoms. The predicted molar refractivity (Wildman–Crippen MR) is 122 cm³/mol. The summed E-state index contributed by atoms with van der Waals surface area (Å²) in [6.45, 7) is 0. The summed E-state index contributed by atoms with van der Waals surface area (Å²) in [7, 11) is 3.12. The number of rotatable bonds is 7. The van der Waals surface area contributed by atoms with Gasteiger partial charge in [-0.3, -0.25) is 0 Å². The minimum absolute atomic E-state index is 0.332. The van der Waals surface area contributed by atoms with E-state index in [9.17, 15) is 4.79 Å². The lowest BCUT2D eigenvalue weighted by Crippen LogP contribution is -2.19. The van der Waals surface area contributed by atoms with E-state index in [0.717, 1.165) is 41.0 Å². The van der Waals surface area contributed by atoms with Gasteiger partial charge >= 0.3 is 6.03 Å². The monoisotopic (exact) mass is 416 g/mol. The lowest BCUT2D eigenvalue weighted by Gasteiger charge is -2.12. The first-order valence-corrected chi connectivity index (χ1v) is 9.97. The van der Waals surface area contributed by atoms with E-state index >= 15 is 0 Å². The van der Waals surface area contributed by atoms with Crippen molar-refractivity contribution >= 4 is 28.4 Å². The zero-order chi connectivity index (χ0) is 21.6. The molecule has 0 aliphatic carbocycles. The molecular weight excluding hydrogens is 392 g/mol. The summed E-state index contributed by atoms with van der Waals surface area (Å²) in [5.74, 6) is 2.10. The van der Waals surface area contributed by atoms with Gasteiger partial charge in [0.1, 0.15) is 5.82 Å². The Morgan fingerprint density at radius 3 is 2.42 bits per heavy atom. The molecule has 1 aromatic heterocycles. The molecule has 0 saturated carbocycles. The molecule has 0 bridgehead atoms. The fraction of sp³-hybridized carbons (Fsp3) is 0.167. The number of fused-ring (bicyclic) bond motifs is 1. The van der Waals surface area contributed by atoms with Gasteiger partial charge in [0.25, 0.3) is 0 Å². The number of nitrogens with one attached hydrogen (secondary N) is 3. The van der Waals surface area contributed by atoms with Crippen LogP contribution in [0.3, 0.4) is 0 Å². The highest BCUT2D eigenvalue weighted by atomic mass is 16.5. The number of aromatic nitrogens is 2. The van der Waals surface area contributed by atoms with Crippen molar-refractivity contribution in [2.45, 2.75) is 12.8 Å². The van der Waals surface area contributed by atoms with Gasteiger partial charge in [0, 0.05) is 23.9 Å². The molecule has 0 radical (unpaired) electrons. The van der Waals surface area contributed by atoms with Crippen molar-refractivity contribution in [3.05, 3.63) is 78.1 Å². The Labute approximate surface area is 180 Å². The van der Waals surface area contributed by atoms with Crippen molar-refractivity contribution < 1.29 is 14.3 Å². The fourth-order valence-electron chi connectivity index (χ4n) is 3.40. The molecule has 0 fully saturated rings. The van der Waals surface area contributed by atoms with Gasteiger partial charge in [-0.2, -0.15) is 0 Å². The molecule has 7 heteroatoms. The maximum atomic E-state index is 12.4. The Kier molecular flexibility index (Phi) is 6.03. The molecule has 2 amide bonds. The van der Waals surface area contributed by atoms with E-state index in [0.29, 0.717) is 17.2 Å². The fourth-order valence-corrected chi connectivity index (χ4v) is 3.40. The molecule has 3 N–H and O–H groups in total. The Morgan fingerprint density at radius 1 is 0.871 bits per heavy atom. The van der Waals surface area contributed by atoms with E-state index in [-0.39, 0.29) is 6.03 Å². The average Bonchev–Trinajstić information content (AvgIpc) is 3.21. The number of aryl methyl sites for hydroxylation is 2. The third kappa shape index (κ3) is 4.95. The molecule has 4 rings (SSSR count). The van der Waals surface area contributed by atoms with Gasteiger partial charge in [-0.05, 0) is 48.4 Å². The highest BCUT2D eigenvalue weighted by Gasteiger charge is 2.08. The summed E-state index contributed by atoms with van der Waals surface area (Å²) in [6, 6.07) is 20.7. The van der Waals surface area contributed by atoms with Crippen LogP contribution in [-0.4, -0.2) is 30.2 Å². The molecule has 3 aromatic carbocycles. The highest BCUT2D eigenvalue weighted by Crippen LogP contribution is 2.29. The summed E-state index contributed by atoms with van der Waals surface area (Å²) < 4.78 is 10.5. The van der Waals surface area contributed by atoms with Crippen LogP contribution in [0.2, 0.25) is 0 Å². The topological polar surface area (TPSA) is 88.3 Å². The first-order chi connectivity index (χ1) is 15.1. The number of H-pyrrole nitrogens is 1. The second-order valence-electron chi connectivity index (χ2n) is 7.05. The number of ether oxygens (including phenoxy) is 2. The molecule has 31 heavy (non-hydrogen) atoms. The number of carbonyl (C=O) groups is 1. The molecule has 158 valence electrons.